The quantitative estimate of drug-likeness (QED) is 0.831. The molecule has 0 aliphatic rings. The Morgan fingerprint density at radius 2 is 2.19 bits per heavy atom. The Bertz CT molecular complexity index is 616. The van der Waals surface area contributed by atoms with Crippen LogP contribution in [0, 0.1) is 11.7 Å². The highest BCUT2D eigenvalue weighted by atomic mass is 19.1. The molecule has 2 aromatic rings. The van der Waals surface area contributed by atoms with E-state index in [9.17, 15) is 4.39 Å². The van der Waals surface area contributed by atoms with Crippen LogP contribution in [-0.4, -0.2) is 31.8 Å². The zero-order chi connectivity index (χ0) is 15.4. The van der Waals surface area contributed by atoms with Crippen molar-refractivity contribution in [2.45, 2.75) is 13.8 Å². The molecule has 0 amide bonds. The van der Waals surface area contributed by atoms with Crippen molar-refractivity contribution in [2.75, 3.05) is 37.4 Å². The maximum absolute atomic E-state index is 14.5. The second kappa shape index (κ2) is 6.72. The Morgan fingerprint density at radius 3 is 2.86 bits per heavy atom. The van der Waals surface area contributed by atoms with Gasteiger partial charge in [-0.25, -0.2) is 4.39 Å². The first-order valence-electron chi connectivity index (χ1n) is 7.11. The molecule has 1 aromatic heterocycles. The highest BCUT2D eigenvalue weighted by Gasteiger charge is 2.19. The molecule has 21 heavy (non-hydrogen) atoms. The number of nitrogens with two attached hydrogens (primary N) is 1. The van der Waals surface area contributed by atoms with Gasteiger partial charge in [0.05, 0.1) is 17.8 Å². The lowest BCUT2D eigenvalue weighted by atomic mass is 10.1. The maximum atomic E-state index is 14.5. The average Bonchev–Trinajstić information content (AvgIpc) is 2.44. The molecule has 0 spiro atoms. The van der Waals surface area contributed by atoms with Crippen molar-refractivity contribution < 1.29 is 9.13 Å². The number of nitrogens with zero attached hydrogens (tertiary/aromatic N) is 2. The van der Waals surface area contributed by atoms with Gasteiger partial charge in [-0.15, -0.1) is 0 Å². The molecule has 2 N–H and O–H groups in total. The summed E-state index contributed by atoms with van der Waals surface area (Å²) in [5.74, 6) is 0.0630. The van der Waals surface area contributed by atoms with Crippen molar-refractivity contribution in [3.63, 3.8) is 0 Å². The summed E-state index contributed by atoms with van der Waals surface area (Å²) >= 11 is 0. The van der Waals surface area contributed by atoms with E-state index in [2.05, 4.69) is 18.8 Å². The summed E-state index contributed by atoms with van der Waals surface area (Å²) in [5, 5.41) is 0.778. The molecule has 0 saturated carbocycles. The number of hydrogen-bond acceptors (Lipinski definition) is 4. The van der Waals surface area contributed by atoms with E-state index in [0.717, 1.165) is 11.9 Å². The van der Waals surface area contributed by atoms with Gasteiger partial charge in [-0.05, 0) is 24.1 Å². The first-order valence-corrected chi connectivity index (χ1v) is 7.11. The van der Waals surface area contributed by atoms with E-state index in [1.54, 1.807) is 13.3 Å². The molecule has 1 heterocycles. The number of hydrogen-bond donors (Lipinski definition) is 1. The van der Waals surface area contributed by atoms with Crippen molar-refractivity contribution in [1.82, 2.24) is 4.98 Å². The minimum absolute atomic E-state index is 0.338. The number of anilines is 2. The molecule has 0 saturated heterocycles. The zero-order valence-electron chi connectivity index (χ0n) is 12.8. The van der Waals surface area contributed by atoms with E-state index >= 15 is 0 Å². The van der Waals surface area contributed by atoms with E-state index < -0.39 is 0 Å². The SMILES string of the molecule is COCCN(CC(C)C)c1c(F)cc(N)c2cccnc12. The molecular weight excluding hydrogens is 269 g/mol. The van der Waals surface area contributed by atoms with Crippen molar-refractivity contribution in [3.05, 3.63) is 30.2 Å². The molecule has 0 unspecified atom stereocenters. The molecule has 0 fully saturated rings. The predicted molar refractivity (Wildman–Crippen MR) is 85.0 cm³/mol. The molecule has 0 radical (unpaired) electrons. The molecule has 2 rings (SSSR count). The minimum atomic E-state index is -0.338. The largest absolute Gasteiger partial charge is 0.398 e. The van der Waals surface area contributed by atoms with E-state index in [1.165, 1.54) is 6.07 Å². The van der Waals surface area contributed by atoms with Crippen molar-refractivity contribution in [1.29, 1.82) is 0 Å². The summed E-state index contributed by atoms with van der Waals surface area (Å²) in [6.45, 7) is 6.08. The van der Waals surface area contributed by atoms with E-state index in [0.29, 0.717) is 36.0 Å². The average molecular weight is 291 g/mol. The summed E-state index contributed by atoms with van der Waals surface area (Å²) in [6.07, 6.45) is 1.66. The van der Waals surface area contributed by atoms with E-state index in [1.807, 2.05) is 17.0 Å². The number of rotatable bonds is 6. The molecule has 0 bridgehead atoms. The number of methoxy groups -OCH3 is 1. The standard InChI is InChI=1S/C16H22FN3O/c1-11(2)10-20(7-8-21-3)16-13(17)9-14(18)12-5-4-6-19-15(12)16/h4-6,9,11H,7-8,10,18H2,1-3H3. The first-order chi connectivity index (χ1) is 10.0. The van der Waals surface area contributed by atoms with Crippen molar-refractivity contribution >= 4 is 22.3 Å². The van der Waals surface area contributed by atoms with Crippen LogP contribution in [0.4, 0.5) is 15.8 Å². The summed E-state index contributed by atoms with van der Waals surface area (Å²) in [5.41, 5.74) is 7.43. The van der Waals surface area contributed by atoms with E-state index in [4.69, 9.17) is 10.5 Å². The molecule has 114 valence electrons. The third kappa shape index (κ3) is 3.42. The third-order valence-corrected chi connectivity index (χ3v) is 3.32. The molecule has 0 atom stereocenters. The fraction of sp³-hybridized carbons (Fsp3) is 0.438. The molecule has 5 heteroatoms. The van der Waals surface area contributed by atoms with Crippen molar-refractivity contribution in [2.24, 2.45) is 5.92 Å². The number of benzene rings is 1. The Kier molecular flexibility index (Phi) is 4.96. The highest BCUT2D eigenvalue weighted by Crippen LogP contribution is 2.32. The van der Waals surface area contributed by atoms with Gasteiger partial charge < -0.3 is 15.4 Å². The van der Waals surface area contributed by atoms with Crippen LogP contribution in [0.3, 0.4) is 0 Å². The van der Waals surface area contributed by atoms with Crippen LogP contribution >= 0.6 is 0 Å². The van der Waals surface area contributed by atoms with Gasteiger partial charge in [0.2, 0.25) is 0 Å². The summed E-state index contributed by atoms with van der Waals surface area (Å²) < 4.78 is 19.6. The fourth-order valence-corrected chi connectivity index (χ4v) is 2.46. The predicted octanol–water partition coefficient (Wildman–Crippen LogP) is 3.06. The summed E-state index contributed by atoms with van der Waals surface area (Å²) in [6, 6.07) is 5.05. The normalized spacial score (nSPS) is 11.3. The van der Waals surface area contributed by atoms with Crippen LogP contribution in [0.1, 0.15) is 13.8 Å². The van der Waals surface area contributed by atoms with Crippen molar-refractivity contribution in [3.8, 4) is 0 Å². The van der Waals surface area contributed by atoms with Gasteiger partial charge in [-0.2, -0.15) is 0 Å². The second-order valence-electron chi connectivity index (χ2n) is 5.53. The van der Waals surface area contributed by atoms with Crippen LogP contribution in [0.15, 0.2) is 24.4 Å². The molecule has 4 nitrogen and oxygen atoms in total. The lowest BCUT2D eigenvalue weighted by Gasteiger charge is -2.28. The van der Waals surface area contributed by atoms with Crippen LogP contribution in [0.5, 0.6) is 0 Å². The monoisotopic (exact) mass is 291 g/mol. The molecular formula is C16H22FN3O. The number of halogens is 1. The Hall–Kier alpha value is -1.88. The Labute approximate surface area is 124 Å². The number of fused-ring (bicyclic) bond motifs is 1. The van der Waals surface area contributed by atoms with Gasteiger partial charge in [0.1, 0.15) is 0 Å². The second-order valence-corrected chi connectivity index (χ2v) is 5.53. The van der Waals surface area contributed by atoms with Gasteiger partial charge in [0.25, 0.3) is 0 Å². The van der Waals surface area contributed by atoms with Gasteiger partial charge in [0.15, 0.2) is 5.82 Å². The highest BCUT2D eigenvalue weighted by molar-refractivity contribution is 5.98. The Balaban J connectivity index is 2.55. The maximum Gasteiger partial charge on any atom is 0.150 e. The minimum Gasteiger partial charge on any atom is -0.398 e. The number of aromatic nitrogens is 1. The molecule has 0 aliphatic carbocycles. The molecule has 0 aliphatic heterocycles. The van der Waals surface area contributed by atoms with Crippen LogP contribution in [0.2, 0.25) is 0 Å². The fourth-order valence-electron chi connectivity index (χ4n) is 2.46. The smallest absolute Gasteiger partial charge is 0.150 e. The lowest BCUT2D eigenvalue weighted by molar-refractivity contribution is 0.204. The van der Waals surface area contributed by atoms with Gasteiger partial charge in [-0.3, -0.25) is 4.98 Å². The number of nitrogen functional groups attached to an aromatic ring is 1. The van der Waals surface area contributed by atoms with Gasteiger partial charge in [-0.1, -0.05) is 13.8 Å². The number of pyridine rings is 1. The van der Waals surface area contributed by atoms with Gasteiger partial charge in [0, 0.05) is 37.5 Å². The zero-order valence-corrected chi connectivity index (χ0v) is 12.8. The first kappa shape index (κ1) is 15.5. The van der Waals surface area contributed by atoms with E-state index in [-0.39, 0.29) is 5.82 Å². The topological polar surface area (TPSA) is 51.4 Å². The summed E-state index contributed by atoms with van der Waals surface area (Å²) in [7, 11) is 1.64. The Morgan fingerprint density at radius 1 is 1.43 bits per heavy atom. The summed E-state index contributed by atoms with van der Waals surface area (Å²) in [4.78, 5) is 6.32. The lowest BCUT2D eigenvalue weighted by Crippen LogP contribution is -2.32. The van der Waals surface area contributed by atoms with Crippen LogP contribution in [-0.2, 0) is 4.74 Å². The number of ether oxygens (including phenoxy) is 1. The van der Waals surface area contributed by atoms with Gasteiger partial charge >= 0.3 is 0 Å². The molecule has 1 aromatic carbocycles. The third-order valence-electron chi connectivity index (χ3n) is 3.32. The van der Waals surface area contributed by atoms with Crippen LogP contribution in [0.25, 0.3) is 10.9 Å². The van der Waals surface area contributed by atoms with Crippen LogP contribution < -0.4 is 10.6 Å².